The van der Waals surface area contributed by atoms with Gasteiger partial charge in [0.2, 0.25) is 5.91 Å². The summed E-state index contributed by atoms with van der Waals surface area (Å²) >= 11 is 0. The minimum Gasteiger partial charge on any atom is -0.393 e. The summed E-state index contributed by atoms with van der Waals surface area (Å²) in [5.74, 6) is 0.445. The molecule has 0 aromatic rings. The average Bonchev–Trinajstić information content (AvgIpc) is 2.88. The number of amides is 1. The molecule has 5 nitrogen and oxygen atoms in total. The monoisotopic (exact) mass is 269 g/mol. The summed E-state index contributed by atoms with van der Waals surface area (Å²) < 4.78 is 0. The molecule has 2 rings (SSSR count). The number of hydrogen-bond donors (Lipinski definition) is 2. The van der Waals surface area contributed by atoms with E-state index in [0.29, 0.717) is 6.54 Å². The molecule has 2 saturated heterocycles. The molecule has 2 aliphatic rings. The first-order valence-corrected chi connectivity index (χ1v) is 7.36. The van der Waals surface area contributed by atoms with Gasteiger partial charge in [0.15, 0.2) is 0 Å². The lowest BCUT2D eigenvalue weighted by Gasteiger charge is -2.41. The lowest BCUT2D eigenvalue weighted by Crippen LogP contribution is -2.60. The van der Waals surface area contributed by atoms with Crippen LogP contribution in [0.4, 0.5) is 0 Å². The molecule has 0 bridgehead atoms. The van der Waals surface area contributed by atoms with Crippen molar-refractivity contribution in [2.24, 2.45) is 5.92 Å². The second-order valence-corrected chi connectivity index (χ2v) is 6.34. The largest absolute Gasteiger partial charge is 0.393 e. The van der Waals surface area contributed by atoms with E-state index in [1.54, 1.807) is 0 Å². The van der Waals surface area contributed by atoms with Crippen LogP contribution in [0.15, 0.2) is 0 Å². The standard InChI is InChI=1S/C14H27N3O2/c1-11(18)12-4-7-16(10-12)13(19)14(2,3)17-8-5-15-6-9-17/h11-12,15,18H,4-10H2,1-3H3. The molecule has 1 amide bonds. The molecule has 2 atom stereocenters. The van der Waals surface area contributed by atoms with Crippen molar-refractivity contribution in [1.82, 2.24) is 15.1 Å². The van der Waals surface area contributed by atoms with Gasteiger partial charge >= 0.3 is 0 Å². The summed E-state index contributed by atoms with van der Waals surface area (Å²) in [6.07, 6.45) is 0.598. The van der Waals surface area contributed by atoms with Crippen molar-refractivity contribution in [1.29, 1.82) is 0 Å². The summed E-state index contributed by atoms with van der Waals surface area (Å²) in [5.41, 5.74) is -0.435. The molecular weight excluding hydrogens is 242 g/mol. The number of piperazine rings is 1. The number of carbonyl (C=O) groups excluding carboxylic acids is 1. The molecule has 19 heavy (non-hydrogen) atoms. The van der Waals surface area contributed by atoms with Gasteiger partial charge in [-0.25, -0.2) is 0 Å². The van der Waals surface area contributed by atoms with Crippen molar-refractivity contribution in [3.05, 3.63) is 0 Å². The fourth-order valence-electron chi connectivity index (χ4n) is 3.11. The first kappa shape index (κ1) is 14.8. The zero-order valence-corrected chi connectivity index (χ0v) is 12.4. The molecule has 0 radical (unpaired) electrons. The van der Waals surface area contributed by atoms with Crippen LogP contribution in [-0.4, -0.2) is 71.7 Å². The molecule has 0 aromatic carbocycles. The van der Waals surface area contributed by atoms with Crippen LogP contribution in [0, 0.1) is 5.92 Å². The van der Waals surface area contributed by atoms with Crippen LogP contribution in [0.1, 0.15) is 27.2 Å². The summed E-state index contributed by atoms with van der Waals surface area (Å²) in [5, 5.41) is 13.0. The predicted molar refractivity (Wildman–Crippen MR) is 74.9 cm³/mol. The fourth-order valence-corrected chi connectivity index (χ4v) is 3.11. The van der Waals surface area contributed by atoms with Crippen molar-refractivity contribution >= 4 is 5.91 Å². The predicted octanol–water partition coefficient (Wildman–Crippen LogP) is -0.100. The number of aliphatic hydroxyl groups excluding tert-OH is 1. The Hall–Kier alpha value is -0.650. The van der Waals surface area contributed by atoms with E-state index in [1.807, 2.05) is 25.7 Å². The summed E-state index contributed by atoms with van der Waals surface area (Å²) in [4.78, 5) is 16.9. The zero-order chi connectivity index (χ0) is 14.0. The Morgan fingerprint density at radius 2 is 1.95 bits per heavy atom. The maximum Gasteiger partial charge on any atom is 0.242 e. The van der Waals surface area contributed by atoms with Crippen molar-refractivity contribution in [2.45, 2.75) is 38.8 Å². The highest BCUT2D eigenvalue weighted by molar-refractivity contribution is 5.85. The molecule has 2 fully saturated rings. The topological polar surface area (TPSA) is 55.8 Å². The summed E-state index contributed by atoms with van der Waals surface area (Å²) in [6.45, 7) is 11.1. The lowest BCUT2D eigenvalue weighted by molar-refractivity contribution is -0.142. The highest BCUT2D eigenvalue weighted by atomic mass is 16.3. The first-order chi connectivity index (χ1) is 8.93. The van der Waals surface area contributed by atoms with E-state index in [9.17, 15) is 9.90 Å². The van der Waals surface area contributed by atoms with Crippen LogP contribution in [0.25, 0.3) is 0 Å². The van der Waals surface area contributed by atoms with Gasteiger partial charge in [-0.3, -0.25) is 9.69 Å². The third kappa shape index (κ3) is 3.09. The Kier molecular flexibility index (Phi) is 4.48. The van der Waals surface area contributed by atoms with Crippen LogP contribution < -0.4 is 5.32 Å². The van der Waals surface area contributed by atoms with Crippen LogP contribution in [0.3, 0.4) is 0 Å². The molecule has 2 heterocycles. The van der Waals surface area contributed by atoms with Crippen LogP contribution in [-0.2, 0) is 4.79 Å². The van der Waals surface area contributed by atoms with E-state index >= 15 is 0 Å². The minimum absolute atomic E-state index is 0.206. The van der Waals surface area contributed by atoms with Crippen molar-refractivity contribution < 1.29 is 9.90 Å². The molecule has 5 heteroatoms. The Morgan fingerprint density at radius 1 is 1.32 bits per heavy atom. The van der Waals surface area contributed by atoms with E-state index in [4.69, 9.17) is 0 Å². The number of nitrogens with one attached hydrogen (secondary N) is 1. The number of rotatable bonds is 3. The van der Waals surface area contributed by atoms with E-state index in [2.05, 4.69) is 10.2 Å². The van der Waals surface area contributed by atoms with Crippen LogP contribution >= 0.6 is 0 Å². The number of likely N-dealkylation sites (tertiary alicyclic amines) is 1. The molecule has 0 aromatic heterocycles. The van der Waals surface area contributed by atoms with Gasteiger partial charge in [0.1, 0.15) is 0 Å². The van der Waals surface area contributed by atoms with Crippen molar-refractivity contribution in [2.75, 3.05) is 39.3 Å². The maximum absolute atomic E-state index is 12.7. The highest BCUT2D eigenvalue weighted by Gasteiger charge is 2.40. The van der Waals surface area contributed by atoms with Gasteiger partial charge in [-0.15, -0.1) is 0 Å². The van der Waals surface area contributed by atoms with Gasteiger partial charge in [0.05, 0.1) is 11.6 Å². The molecule has 2 N–H and O–H groups in total. The Labute approximate surface area is 115 Å². The van der Waals surface area contributed by atoms with Gasteiger partial charge in [-0.05, 0) is 27.2 Å². The fraction of sp³-hybridized carbons (Fsp3) is 0.929. The van der Waals surface area contributed by atoms with E-state index < -0.39 is 5.54 Å². The molecule has 0 saturated carbocycles. The van der Waals surface area contributed by atoms with E-state index in [0.717, 1.165) is 39.1 Å². The smallest absolute Gasteiger partial charge is 0.242 e. The normalized spacial score (nSPS) is 27.6. The molecule has 2 aliphatic heterocycles. The van der Waals surface area contributed by atoms with Crippen molar-refractivity contribution in [3.63, 3.8) is 0 Å². The second kappa shape index (κ2) is 5.77. The Morgan fingerprint density at radius 3 is 2.47 bits per heavy atom. The van der Waals surface area contributed by atoms with Gasteiger partial charge < -0.3 is 15.3 Å². The second-order valence-electron chi connectivity index (χ2n) is 6.34. The minimum atomic E-state index is -0.435. The van der Waals surface area contributed by atoms with Crippen molar-refractivity contribution in [3.8, 4) is 0 Å². The van der Waals surface area contributed by atoms with Gasteiger partial charge in [-0.1, -0.05) is 0 Å². The number of carbonyl (C=O) groups is 1. The first-order valence-electron chi connectivity index (χ1n) is 7.36. The molecule has 2 unspecified atom stereocenters. The molecule has 0 aliphatic carbocycles. The van der Waals surface area contributed by atoms with Crippen LogP contribution in [0.2, 0.25) is 0 Å². The lowest BCUT2D eigenvalue weighted by atomic mass is 9.99. The maximum atomic E-state index is 12.7. The van der Waals surface area contributed by atoms with E-state index in [-0.39, 0.29) is 17.9 Å². The molecule has 0 spiro atoms. The summed E-state index contributed by atoms with van der Waals surface area (Å²) in [7, 11) is 0. The third-order valence-electron chi connectivity index (χ3n) is 4.63. The van der Waals surface area contributed by atoms with E-state index in [1.165, 1.54) is 0 Å². The molecular formula is C14H27N3O2. The number of aliphatic hydroxyl groups is 1. The van der Waals surface area contributed by atoms with Gasteiger partial charge in [0, 0.05) is 45.2 Å². The average molecular weight is 269 g/mol. The van der Waals surface area contributed by atoms with Crippen LogP contribution in [0.5, 0.6) is 0 Å². The number of hydrogen-bond acceptors (Lipinski definition) is 4. The molecule has 110 valence electrons. The number of nitrogens with zero attached hydrogens (tertiary/aromatic N) is 2. The Bertz CT molecular complexity index is 325. The van der Waals surface area contributed by atoms with Gasteiger partial charge in [-0.2, -0.15) is 0 Å². The quantitative estimate of drug-likeness (QED) is 0.751. The third-order valence-corrected chi connectivity index (χ3v) is 4.63. The Balaban J connectivity index is 1.98. The highest BCUT2D eigenvalue weighted by Crippen LogP contribution is 2.25. The summed E-state index contributed by atoms with van der Waals surface area (Å²) in [6, 6.07) is 0. The van der Waals surface area contributed by atoms with Gasteiger partial charge in [0.25, 0.3) is 0 Å². The zero-order valence-electron chi connectivity index (χ0n) is 12.4. The SMILES string of the molecule is CC(O)C1CCN(C(=O)C(C)(C)N2CCNCC2)C1.